The molecule has 0 unspecified atom stereocenters. The normalized spacial score (nSPS) is 11.9. The summed E-state index contributed by atoms with van der Waals surface area (Å²) in [5.74, 6) is 0.548. The minimum Gasteiger partial charge on any atom is -0.215 e. The standard InChI is InChI=1S/C13H28ClNO2S/c1-2-3-4-5-6-7-8-9-12-15-18(16,17)13-10-11-14/h15H,2-13H2,1H3. The Labute approximate surface area is 118 Å². The number of hydrogen-bond donors (Lipinski definition) is 1. The summed E-state index contributed by atoms with van der Waals surface area (Å²) in [6.45, 7) is 2.79. The molecule has 0 spiro atoms. The molecule has 0 aliphatic rings. The molecular formula is C13H28ClNO2S. The van der Waals surface area contributed by atoms with Gasteiger partial charge in [-0.2, -0.15) is 0 Å². The molecule has 0 saturated carbocycles. The van der Waals surface area contributed by atoms with E-state index in [4.69, 9.17) is 11.6 Å². The minimum absolute atomic E-state index is 0.146. The quantitative estimate of drug-likeness (QED) is 0.416. The maximum Gasteiger partial charge on any atom is 0.211 e. The van der Waals surface area contributed by atoms with Gasteiger partial charge in [0, 0.05) is 12.4 Å². The number of nitrogens with one attached hydrogen (secondary N) is 1. The molecule has 0 radical (unpaired) electrons. The lowest BCUT2D eigenvalue weighted by atomic mass is 10.1. The van der Waals surface area contributed by atoms with Gasteiger partial charge in [0.25, 0.3) is 0 Å². The molecule has 0 aliphatic carbocycles. The molecule has 0 atom stereocenters. The zero-order valence-corrected chi connectivity index (χ0v) is 13.2. The highest BCUT2D eigenvalue weighted by atomic mass is 35.5. The van der Waals surface area contributed by atoms with Crippen molar-refractivity contribution in [1.29, 1.82) is 0 Å². The van der Waals surface area contributed by atoms with Gasteiger partial charge in [-0.25, -0.2) is 13.1 Å². The summed E-state index contributed by atoms with van der Waals surface area (Å²) in [4.78, 5) is 0. The highest BCUT2D eigenvalue weighted by molar-refractivity contribution is 7.89. The van der Waals surface area contributed by atoms with E-state index in [9.17, 15) is 8.42 Å². The van der Waals surface area contributed by atoms with E-state index >= 15 is 0 Å². The van der Waals surface area contributed by atoms with E-state index in [-0.39, 0.29) is 5.75 Å². The fraction of sp³-hybridized carbons (Fsp3) is 1.00. The molecule has 0 heterocycles. The van der Waals surface area contributed by atoms with Gasteiger partial charge in [0.15, 0.2) is 0 Å². The number of rotatable bonds is 13. The molecule has 3 nitrogen and oxygen atoms in total. The SMILES string of the molecule is CCCCCCCCCCNS(=O)(=O)CCCCl. The lowest BCUT2D eigenvalue weighted by molar-refractivity contribution is 0.558. The van der Waals surface area contributed by atoms with E-state index in [1.54, 1.807) is 0 Å². The Morgan fingerprint density at radius 2 is 1.44 bits per heavy atom. The molecular weight excluding hydrogens is 270 g/mol. The topological polar surface area (TPSA) is 46.2 Å². The molecule has 0 bridgehead atoms. The Morgan fingerprint density at radius 3 is 2.00 bits per heavy atom. The zero-order chi connectivity index (χ0) is 13.7. The van der Waals surface area contributed by atoms with Crippen molar-refractivity contribution in [3.05, 3.63) is 0 Å². The number of unbranched alkanes of at least 4 members (excludes halogenated alkanes) is 7. The van der Waals surface area contributed by atoms with Crippen LogP contribution in [0.5, 0.6) is 0 Å². The molecule has 5 heteroatoms. The lowest BCUT2D eigenvalue weighted by Crippen LogP contribution is -2.27. The molecule has 0 aromatic heterocycles. The van der Waals surface area contributed by atoms with Crippen molar-refractivity contribution in [3.8, 4) is 0 Å². The van der Waals surface area contributed by atoms with Crippen molar-refractivity contribution in [2.45, 2.75) is 64.7 Å². The van der Waals surface area contributed by atoms with Crippen LogP contribution in [0.3, 0.4) is 0 Å². The first-order valence-electron chi connectivity index (χ1n) is 7.15. The number of hydrogen-bond acceptors (Lipinski definition) is 2. The van der Waals surface area contributed by atoms with Crippen LogP contribution >= 0.6 is 11.6 Å². The van der Waals surface area contributed by atoms with Gasteiger partial charge in [0.1, 0.15) is 0 Å². The van der Waals surface area contributed by atoms with Gasteiger partial charge < -0.3 is 0 Å². The smallest absolute Gasteiger partial charge is 0.211 e. The fourth-order valence-electron chi connectivity index (χ4n) is 1.80. The van der Waals surface area contributed by atoms with Crippen molar-refractivity contribution in [2.75, 3.05) is 18.2 Å². The second kappa shape index (κ2) is 12.2. The third kappa shape index (κ3) is 12.7. The van der Waals surface area contributed by atoms with E-state index in [1.165, 1.54) is 38.5 Å². The Bertz CT molecular complexity index is 268. The molecule has 110 valence electrons. The molecule has 0 aromatic carbocycles. The summed E-state index contributed by atoms with van der Waals surface area (Å²) in [5, 5.41) is 0. The number of halogens is 1. The molecule has 0 amide bonds. The first kappa shape index (κ1) is 18.2. The van der Waals surface area contributed by atoms with Gasteiger partial charge >= 0.3 is 0 Å². The van der Waals surface area contributed by atoms with Crippen LogP contribution in [0.25, 0.3) is 0 Å². The van der Waals surface area contributed by atoms with Crippen LogP contribution in [0.4, 0.5) is 0 Å². The van der Waals surface area contributed by atoms with E-state index in [1.807, 2.05) is 0 Å². The Kier molecular flexibility index (Phi) is 12.4. The number of alkyl halides is 1. The summed E-state index contributed by atoms with van der Waals surface area (Å²) in [5.41, 5.74) is 0. The largest absolute Gasteiger partial charge is 0.215 e. The van der Waals surface area contributed by atoms with Crippen LogP contribution < -0.4 is 4.72 Å². The van der Waals surface area contributed by atoms with Crippen molar-refractivity contribution in [3.63, 3.8) is 0 Å². The lowest BCUT2D eigenvalue weighted by Gasteiger charge is -2.05. The highest BCUT2D eigenvalue weighted by Gasteiger charge is 2.07. The first-order chi connectivity index (χ1) is 8.62. The van der Waals surface area contributed by atoms with Crippen LogP contribution in [0.15, 0.2) is 0 Å². The molecule has 0 aliphatic heterocycles. The van der Waals surface area contributed by atoms with Crippen LogP contribution in [0.1, 0.15) is 64.7 Å². The van der Waals surface area contributed by atoms with Crippen molar-refractivity contribution in [2.24, 2.45) is 0 Å². The maximum absolute atomic E-state index is 11.4. The van der Waals surface area contributed by atoms with E-state index in [0.29, 0.717) is 18.8 Å². The molecule has 0 rings (SSSR count). The van der Waals surface area contributed by atoms with Crippen molar-refractivity contribution >= 4 is 21.6 Å². The Morgan fingerprint density at radius 1 is 0.889 bits per heavy atom. The molecule has 0 fully saturated rings. The predicted molar refractivity (Wildman–Crippen MR) is 79.7 cm³/mol. The van der Waals surface area contributed by atoms with Gasteiger partial charge in [0.05, 0.1) is 5.75 Å². The molecule has 0 saturated heterocycles. The summed E-state index contributed by atoms with van der Waals surface area (Å²) in [6.07, 6.45) is 10.3. The molecule has 1 N–H and O–H groups in total. The summed E-state index contributed by atoms with van der Waals surface area (Å²) < 4.78 is 25.5. The number of sulfonamides is 1. The molecule has 18 heavy (non-hydrogen) atoms. The minimum atomic E-state index is -3.08. The van der Waals surface area contributed by atoms with E-state index in [0.717, 1.165) is 12.8 Å². The van der Waals surface area contributed by atoms with Crippen LogP contribution in [0.2, 0.25) is 0 Å². The Balaban J connectivity index is 3.29. The third-order valence-electron chi connectivity index (χ3n) is 2.90. The van der Waals surface area contributed by atoms with Crippen molar-refractivity contribution in [1.82, 2.24) is 4.72 Å². The van der Waals surface area contributed by atoms with Gasteiger partial charge in [-0.05, 0) is 12.8 Å². The van der Waals surface area contributed by atoms with Gasteiger partial charge in [-0.1, -0.05) is 51.9 Å². The van der Waals surface area contributed by atoms with Gasteiger partial charge in [-0.15, -0.1) is 11.6 Å². The summed E-state index contributed by atoms with van der Waals surface area (Å²) in [7, 11) is -3.08. The summed E-state index contributed by atoms with van der Waals surface area (Å²) >= 11 is 5.47. The zero-order valence-electron chi connectivity index (χ0n) is 11.6. The van der Waals surface area contributed by atoms with E-state index in [2.05, 4.69) is 11.6 Å². The predicted octanol–water partition coefficient (Wildman–Crippen LogP) is 3.68. The van der Waals surface area contributed by atoms with Crippen LogP contribution in [0, 0.1) is 0 Å². The monoisotopic (exact) mass is 297 g/mol. The van der Waals surface area contributed by atoms with Crippen molar-refractivity contribution < 1.29 is 8.42 Å². The van der Waals surface area contributed by atoms with E-state index < -0.39 is 10.0 Å². The average molecular weight is 298 g/mol. The fourth-order valence-corrected chi connectivity index (χ4v) is 3.22. The van der Waals surface area contributed by atoms with Crippen LogP contribution in [-0.2, 0) is 10.0 Å². The van der Waals surface area contributed by atoms with Gasteiger partial charge in [0.2, 0.25) is 10.0 Å². The third-order valence-corrected chi connectivity index (χ3v) is 4.64. The Hall–Kier alpha value is 0.200. The van der Waals surface area contributed by atoms with Gasteiger partial charge in [-0.3, -0.25) is 0 Å². The second-order valence-electron chi connectivity index (χ2n) is 4.73. The first-order valence-corrected chi connectivity index (χ1v) is 9.34. The van der Waals surface area contributed by atoms with Crippen LogP contribution in [-0.4, -0.2) is 26.6 Å². The maximum atomic E-state index is 11.4. The molecule has 0 aromatic rings. The summed E-state index contributed by atoms with van der Waals surface area (Å²) in [6, 6.07) is 0. The average Bonchev–Trinajstić information content (AvgIpc) is 2.34. The highest BCUT2D eigenvalue weighted by Crippen LogP contribution is 2.08. The second-order valence-corrected chi connectivity index (χ2v) is 7.04.